The number of allylic oxidation sites excluding steroid dienone is 6. The molecule has 0 spiro atoms. The molecular weight excluding hydrogens is 563 g/mol. The van der Waals surface area contributed by atoms with Gasteiger partial charge < -0.3 is 15.4 Å². The van der Waals surface area contributed by atoms with E-state index in [2.05, 4.69) is 72.8 Å². The van der Waals surface area contributed by atoms with E-state index in [9.17, 15) is 8.42 Å². The lowest BCUT2D eigenvalue weighted by Gasteiger charge is -2.16. The molecule has 1 aliphatic heterocycles. The van der Waals surface area contributed by atoms with E-state index in [-0.39, 0.29) is 10.00 Å². The predicted octanol–water partition coefficient (Wildman–Crippen LogP) is 7.22. The molecule has 2 atom stereocenters. The normalized spacial score (nSPS) is 18.9. The van der Waals surface area contributed by atoms with Crippen LogP contribution in [0.25, 0.3) is 10.8 Å². The van der Waals surface area contributed by atoms with E-state index in [1.54, 1.807) is 38.3 Å². The van der Waals surface area contributed by atoms with E-state index < -0.39 is 14.6 Å². The number of anilines is 1. The summed E-state index contributed by atoms with van der Waals surface area (Å²) in [6.45, 7) is 23.5. The summed E-state index contributed by atoms with van der Waals surface area (Å²) < 4.78 is 29.5. The van der Waals surface area contributed by atoms with Crippen molar-refractivity contribution in [1.29, 1.82) is 0 Å². The Morgan fingerprint density at radius 3 is 2.57 bits per heavy atom. The molecule has 0 aliphatic carbocycles. The SMILES string of the molecule is C=C/C=C\C(=C)Nc1cc2cc(C3S[C@@]3(C)CCO/C(NC)=C(/C=C)C(=C)C)cc(C#CC(C)(C)S(C)(=O)=O)c2cn1. The van der Waals surface area contributed by atoms with Crippen molar-refractivity contribution in [3.05, 3.63) is 109 Å². The van der Waals surface area contributed by atoms with Gasteiger partial charge in [-0.3, -0.25) is 0 Å². The quantitative estimate of drug-likeness (QED) is 0.108. The first-order chi connectivity index (χ1) is 19.7. The second-order valence-electron chi connectivity index (χ2n) is 11.0. The number of benzene rings is 1. The second-order valence-corrected chi connectivity index (χ2v) is 15.2. The van der Waals surface area contributed by atoms with Gasteiger partial charge in [0.05, 0.1) is 6.61 Å². The van der Waals surface area contributed by atoms with Gasteiger partial charge in [-0.2, -0.15) is 0 Å². The van der Waals surface area contributed by atoms with Gasteiger partial charge in [-0.25, -0.2) is 13.4 Å². The van der Waals surface area contributed by atoms with Gasteiger partial charge >= 0.3 is 0 Å². The van der Waals surface area contributed by atoms with Crippen LogP contribution in [0.1, 0.15) is 50.5 Å². The largest absolute Gasteiger partial charge is 0.479 e. The first-order valence-corrected chi connectivity index (χ1v) is 16.4. The number of hydrogen-bond acceptors (Lipinski definition) is 7. The molecule has 3 rings (SSSR count). The minimum absolute atomic E-state index is 0.0291. The average Bonchev–Trinajstić information content (AvgIpc) is 3.59. The molecule has 0 bridgehead atoms. The molecule has 0 amide bonds. The number of sulfone groups is 1. The number of fused-ring (bicyclic) bond motifs is 1. The van der Waals surface area contributed by atoms with Crippen molar-refractivity contribution >= 4 is 38.2 Å². The van der Waals surface area contributed by atoms with E-state index in [1.165, 1.54) is 6.26 Å². The number of hydrogen-bond donors (Lipinski definition) is 2. The summed E-state index contributed by atoms with van der Waals surface area (Å²) >= 11 is 1.88. The summed E-state index contributed by atoms with van der Waals surface area (Å²) in [5.74, 6) is 7.48. The number of rotatable bonds is 13. The fraction of sp³-hybridized carbons (Fsp3) is 0.324. The number of pyridine rings is 1. The Morgan fingerprint density at radius 2 is 1.98 bits per heavy atom. The molecule has 1 aliphatic rings. The van der Waals surface area contributed by atoms with Gasteiger partial charge in [0.25, 0.3) is 0 Å². The maximum absolute atomic E-state index is 12.3. The molecule has 1 unspecified atom stereocenters. The van der Waals surface area contributed by atoms with Crippen LogP contribution in [-0.2, 0) is 14.6 Å². The molecule has 222 valence electrons. The number of nitrogens with zero attached hydrogens (tertiary/aromatic N) is 1. The van der Waals surface area contributed by atoms with Gasteiger partial charge in [-0.1, -0.05) is 56.4 Å². The first kappa shape index (κ1) is 32.8. The Hall–Kier alpha value is -3.67. The lowest BCUT2D eigenvalue weighted by Crippen LogP contribution is -2.28. The summed E-state index contributed by atoms with van der Waals surface area (Å²) in [5.41, 5.74) is 4.29. The van der Waals surface area contributed by atoms with E-state index in [0.717, 1.165) is 39.5 Å². The molecular formula is C34H41N3O3S2. The van der Waals surface area contributed by atoms with Gasteiger partial charge in [0.2, 0.25) is 0 Å². The molecule has 8 heteroatoms. The van der Waals surface area contributed by atoms with Crippen molar-refractivity contribution in [3.8, 4) is 11.8 Å². The lowest BCUT2D eigenvalue weighted by molar-refractivity contribution is 0.183. The predicted molar refractivity (Wildman–Crippen MR) is 180 cm³/mol. The molecule has 2 N–H and O–H groups in total. The molecule has 1 fully saturated rings. The minimum Gasteiger partial charge on any atom is -0.479 e. The van der Waals surface area contributed by atoms with Gasteiger partial charge in [-0.15, -0.1) is 11.8 Å². The lowest BCUT2D eigenvalue weighted by atomic mass is 9.94. The number of nitrogens with one attached hydrogen (secondary N) is 2. The van der Waals surface area contributed by atoms with Crippen molar-refractivity contribution in [2.45, 2.75) is 48.9 Å². The zero-order valence-electron chi connectivity index (χ0n) is 25.4. The van der Waals surface area contributed by atoms with Crippen LogP contribution >= 0.6 is 11.8 Å². The maximum atomic E-state index is 12.3. The molecule has 6 nitrogen and oxygen atoms in total. The smallest absolute Gasteiger partial charge is 0.194 e. The molecule has 42 heavy (non-hydrogen) atoms. The second kappa shape index (κ2) is 13.1. The minimum atomic E-state index is -3.38. The van der Waals surface area contributed by atoms with Crippen molar-refractivity contribution in [1.82, 2.24) is 10.3 Å². The van der Waals surface area contributed by atoms with Gasteiger partial charge in [-0.05, 0) is 74.9 Å². The number of aromatic nitrogens is 1. The highest BCUT2D eigenvalue weighted by Gasteiger charge is 2.52. The van der Waals surface area contributed by atoms with Crippen LogP contribution in [-0.4, -0.2) is 42.8 Å². The Labute approximate surface area is 255 Å². The van der Waals surface area contributed by atoms with Gasteiger partial charge in [0.1, 0.15) is 10.6 Å². The van der Waals surface area contributed by atoms with Gasteiger partial charge in [0.15, 0.2) is 15.7 Å². The summed E-state index contributed by atoms with van der Waals surface area (Å²) in [5, 5.41) is 8.36. The highest BCUT2D eigenvalue weighted by molar-refractivity contribution is 8.08. The van der Waals surface area contributed by atoms with Crippen LogP contribution in [0, 0.1) is 11.8 Å². The fourth-order valence-electron chi connectivity index (χ4n) is 4.25. The summed E-state index contributed by atoms with van der Waals surface area (Å²) in [6, 6.07) is 6.19. The molecule has 1 aromatic heterocycles. The van der Waals surface area contributed by atoms with Crippen molar-refractivity contribution in [2.75, 3.05) is 25.2 Å². The zero-order valence-corrected chi connectivity index (χ0v) is 27.1. The maximum Gasteiger partial charge on any atom is 0.194 e. The van der Waals surface area contributed by atoms with E-state index in [4.69, 9.17) is 4.74 Å². The first-order valence-electron chi connectivity index (χ1n) is 13.6. The van der Waals surface area contributed by atoms with Crippen molar-refractivity contribution < 1.29 is 13.2 Å². The zero-order chi connectivity index (χ0) is 31.3. The number of ether oxygens (including phenoxy) is 1. The monoisotopic (exact) mass is 603 g/mol. The highest BCUT2D eigenvalue weighted by atomic mass is 32.2. The van der Waals surface area contributed by atoms with Crippen LogP contribution in [0.5, 0.6) is 0 Å². The third-order valence-electron chi connectivity index (χ3n) is 7.17. The molecule has 1 aromatic carbocycles. The third kappa shape index (κ3) is 7.78. The Kier molecular flexibility index (Phi) is 10.2. The molecule has 0 saturated carbocycles. The van der Waals surface area contributed by atoms with Gasteiger partial charge in [0, 0.05) is 51.7 Å². The van der Waals surface area contributed by atoms with Crippen molar-refractivity contribution in [2.24, 2.45) is 0 Å². The van der Waals surface area contributed by atoms with E-state index in [1.807, 2.05) is 37.9 Å². The van der Waals surface area contributed by atoms with Crippen molar-refractivity contribution in [3.63, 3.8) is 0 Å². The Balaban J connectivity index is 1.97. The standard InChI is InChI=1S/C34H41N3O3S2/c1-11-13-14-24(5)37-30-21-26-20-27(19-25(29(26)22-36-30)15-16-33(6,7)42(10,38)39)31-34(8,41-31)17-18-40-32(35-9)28(12-2)23(3)4/h11-14,19-22,31,35H,1-3,5,17-18H2,4,6-10H3,(H,36,37)/b14-13-,32-28-/t31?,34-/m0/s1. The van der Waals surface area contributed by atoms with E-state index >= 15 is 0 Å². The van der Waals surface area contributed by atoms with Crippen LogP contribution in [0.15, 0.2) is 97.7 Å². The Bertz CT molecular complexity index is 1660. The summed E-state index contributed by atoms with van der Waals surface area (Å²) in [4.78, 5) is 4.56. The third-order valence-corrected chi connectivity index (χ3v) is 10.9. The average molecular weight is 604 g/mol. The molecule has 0 radical (unpaired) electrons. The summed E-state index contributed by atoms with van der Waals surface area (Å²) in [7, 11) is -1.56. The topological polar surface area (TPSA) is 80.3 Å². The van der Waals surface area contributed by atoms with Crippen LogP contribution in [0.4, 0.5) is 5.82 Å². The fourth-order valence-corrected chi connectivity index (χ4v) is 5.69. The van der Waals surface area contributed by atoms with E-state index in [0.29, 0.717) is 24.0 Å². The molecule has 2 aromatic rings. The number of thioether (sulfide) groups is 1. The van der Waals surface area contributed by atoms with Crippen LogP contribution in [0.3, 0.4) is 0 Å². The Morgan fingerprint density at radius 1 is 1.26 bits per heavy atom. The van der Waals surface area contributed by atoms with Crippen LogP contribution in [0.2, 0.25) is 0 Å². The molecule has 2 heterocycles. The highest BCUT2D eigenvalue weighted by Crippen LogP contribution is 2.66. The molecule has 1 saturated heterocycles. The van der Waals surface area contributed by atoms with Crippen LogP contribution < -0.4 is 10.6 Å². The summed E-state index contributed by atoms with van der Waals surface area (Å²) in [6.07, 6.45) is 10.8.